The Morgan fingerprint density at radius 2 is 1.62 bits per heavy atom. The van der Waals surface area contributed by atoms with Crippen LogP contribution >= 0.6 is 0 Å². The molecule has 0 aliphatic carbocycles. The summed E-state index contributed by atoms with van der Waals surface area (Å²) in [7, 11) is -3.50. The van der Waals surface area contributed by atoms with Crippen LogP contribution in [-0.4, -0.2) is 67.8 Å². The Labute approximate surface area is 231 Å². The van der Waals surface area contributed by atoms with Gasteiger partial charge >= 0.3 is 0 Å². The summed E-state index contributed by atoms with van der Waals surface area (Å²) in [4.78, 5) is 28.0. The Hall–Kier alpha value is -2.82. The first-order chi connectivity index (χ1) is 18.6. The van der Waals surface area contributed by atoms with Gasteiger partial charge < -0.3 is 15.0 Å². The molecule has 1 heterocycles. The molecule has 0 bridgehead atoms. The topological polar surface area (TPSA) is 96.0 Å². The molecule has 214 valence electrons. The van der Waals surface area contributed by atoms with Crippen LogP contribution in [0.15, 0.2) is 53.4 Å². The fourth-order valence-corrected chi connectivity index (χ4v) is 5.94. The average molecular weight is 562 g/mol. The van der Waals surface area contributed by atoms with Gasteiger partial charge in [0.15, 0.2) is 0 Å². The summed E-state index contributed by atoms with van der Waals surface area (Å²) in [5.41, 5.74) is 1.54. The molecule has 1 atom stereocenters. The van der Waals surface area contributed by atoms with Crippen LogP contribution in [-0.2, 0) is 37.3 Å². The number of aryl methyl sites for hydroxylation is 1. The van der Waals surface area contributed by atoms with Crippen molar-refractivity contribution in [2.75, 3.05) is 26.2 Å². The summed E-state index contributed by atoms with van der Waals surface area (Å²) in [6.07, 6.45) is 3.05. The minimum absolute atomic E-state index is 0.120. The number of hydrogen-bond acceptors (Lipinski definition) is 5. The summed E-state index contributed by atoms with van der Waals surface area (Å²) in [6, 6.07) is 11.8. The van der Waals surface area contributed by atoms with Crippen molar-refractivity contribution in [3.63, 3.8) is 0 Å². The van der Waals surface area contributed by atoms with Crippen molar-refractivity contribution in [2.45, 2.75) is 76.5 Å². The molecular formula is C29H40FN3O5S. The van der Waals surface area contributed by atoms with E-state index in [-0.39, 0.29) is 41.6 Å². The van der Waals surface area contributed by atoms with Crippen molar-refractivity contribution in [3.8, 4) is 0 Å². The van der Waals surface area contributed by atoms with Crippen LogP contribution in [0.2, 0.25) is 0 Å². The van der Waals surface area contributed by atoms with Gasteiger partial charge in [0.05, 0.1) is 11.0 Å². The Kier molecular flexibility index (Phi) is 11.4. The van der Waals surface area contributed by atoms with Crippen LogP contribution in [0.4, 0.5) is 4.39 Å². The van der Waals surface area contributed by atoms with Gasteiger partial charge in [-0.25, -0.2) is 12.8 Å². The average Bonchev–Trinajstić information content (AvgIpc) is 3.47. The fraction of sp³-hybridized carbons (Fsp3) is 0.517. The predicted molar refractivity (Wildman–Crippen MR) is 148 cm³/mol. The molecule has 2 amide bonds. The number of rotatable bonds is 14. The highest BCUT2D eigenvalue weighted by Gasteiger charge is 2.28. The normalized spacial score (nSPS) is 14.9. The minimum atomic E-state index is -3.50. The molecule has 0 saturated carbocycles. The monoisotopic (exact) mass is 561 g/mol. The van der Waals surface area contributed by atoms with Gasteiger partial charge in [0.1, 0.15) is 11.9 Å². The van der Waals surface area contributed by atoms with Gasteiger partial charge in [0.25, 0.3) is 0 Å². The maximum absolute atomic E-state index is 13.4. The van der Waals surface area contributed by atoms with Crippen molar-refractivity contribution >= 4 is 21.8 Å². The smallest absolute Gasteiger partial charge is 0.243 e. The van der Waals surface area contributed by atoms with Crippen molar-refractivity contribution < 1.29 is 27.1 Å². The van der Waals surface area contributed by atoms with Crippen LogP contribution in [0.3, 0.4) is 0 Å². The van der Waals surface area contributed by atoms with Crippen LogP contribution in [0.25, 0.3) is 0 Å². The second-order valence-corrected chi connectivity index (χ2v) is 12.1. The molecule has 0 unspecified atom stereocenters. The highest BCUT2D eigenvalue weighted by Crippen LogP contribution is 2.22. The van der Waals surface area contributed by atoms with E-state index in [1.165, 1.54) is 21.3 Å². The van der Waals surface area contributed by atoms with Gasteiger partial charge in [-0.15, -0.1) is 0 Å². The first kappa shape index (κ1) is 30.7. The van der Waals surface area contributed by atoms with E-state index < -0.39 is 16.1 Å². The molecule has 1 aliphatic rings. The van der Waals surface area contributed by atoms with Gasteiger partial charge in [-0.2, -0.15) is 4.31 Å². The largest absolute Gasteiger partial charge is 0.379 e. The van der Waals surface area contributed by atoms with Crippen molar-refractivity contribution in [1.82, 2.24) is 14.5 Å². The zero-order valence-electron chi connectivity index (χ0n) is 23.1. The summed E-state index contributed by atoms with van der Waals surface area (Å²) in [5.74, 6) is -0.869. The number of amides is 2. The lowest BCUT2D eigenvalue weighted by atomic mass is 10.1. The van der Waals surface area contributed by atoms with Crippen LogP contribution in [0.5, 0.6) is 0 Å². The van der Waals surface area contributed by atoms with E-state index in [2.05, 4.69) is 5.32 Å². The molecule has 2 aromatic rings. The first-order valence-electron chi connectivity index (χ1n) is 13.6. The molecule has 1 fully saturated rings. The molecule has 1 N–H and O–H groups in total. The Bertz CT molecular complexity index is 1180. The fourth-order valence-electron chi connectivity index (χ4n) is 4.42. The lowest BCUT2D eigenvalue weighted by Crippen LogP contribution is -2.48. The van der Waals surface area contributed by atoms with Crippen molar-refractivity contribution in [1.29, 1.82) is 0 Å². The molecule has 0 aromatic heterocycles. The second-order valence-electron chi connectivity index (χ2n) is 10.1. The molecule has 10 heteroatoms. The summed E-state index contributed by atoms with van der Waals surface area (Å²) in [6.45, 7) is 7.79. The van der Waals surface area contributed by atoms with E-state index in [1.807, 2.05) is 13.8 Å². The highest BCUT2D eigenvalue weighted by molar-refractivity contribution is 7.89. The molecule has 8 nitrogen and oxygen atoms in total. The number of hydrogen-bond donors (Lipinski definition) is 1. The number of nitrogens with zero attached hydrogens (tertiary/aromatic N) is 2. The highest BCUT2D eigenvalue weighted by atomic mass is 32.2. The Morgan fingerprint density at radius 3 is 2.23 bits per heavy atom. The van der Waals surface area contributed by atoms with E-state index in [1.54, 1.807) is 43.3 Å². The third-order valence-corrected chi connectivity index (χ3v) is 8.67. The number of halogens is 1. The quantitative estimate of drug-likeness (QED) is 0.353. The molecule has 0 spiro atoms. The van der Waals surface area contributed by atoms with Gasteiger partial charge in [0, 0.05) is 39.2 Å². The molecule has 0 radical (unpaired) electrons. The number of benzene rings is 2. The zero-order valence-corrected chi connectivity index (χ0v) is 23.9. The molecule has 1 saturated heterocycles. The van der Waals surface area contributed by atoms with Crippen molar-refractivity contribution in [3.05, 3.63) is 65.5 Å². The van der Waals surface area contributed by atoms with Gasteiger partial charge in [0.2, 0.25) is 21.8 Å². The van der Waals surface area contributed by atoms with Crippen LogP contribution in [0.1, 0.15) is 57.6 Å². The molecule has 3 rings (SSSR count). The maximum atomic E-state index is 13.4. The molecule has 1 aliphatic heterocycles. The third kappa shape index (κ3) is 9.12. The Balaban J connectivity index is 1.63. The number of carbonyl (C=O) groups is 2. The SMILES string of the molecule is CC(C)OCCCNC(=O)[C@@H](C)N(Cc1ccc(F)cc1)C(=O)CCc1ccc(S(=O)(=O)N2CCCC2)cc1. The standard InChI is InChI=1S/C29H40FN3O5S/c1-22(2)38-20-6-17-31-29(35)23(3)33(21-25-7-12-26(30)13-8-25)28(34)16-11-24-9-14-27(15-10-24)39(36,37)32-18-4-5-19-32/h7-10,12-15,22-23H,4-6,11,16-21H2,1-3H3,(H,31,35)/t23-/m1/s1. The van der Waals surface area contributed by atoms with E-state index >= 15 is 0 Å². The summed E-state index contributed by atoms with van der Waals surface area (Å²) < 4.78 is 46.0. The predicted octanol–water partition coefficient (Wildman–Crippen LogP) is 3.89. The zero-order chi connectivity index (χ0) is 28.4. The van der Waals surface area contributed by atoms with Gasteiger partial charge in [-0.05, 0) is 81.8 Å². The second kappa shape index (κ2) is 14.5. The lowest BCUT2D eigenvalue weighted by molar-refractivity contribution is -0.140. The first-order valence-corrected chi connectivity index (χ1v) is 15.0. The maximum Gasteiger partial charge on any atom is 0.243 e. The van der Waals surface area contributed by atoms with Crippen LogP contribution < -0.4 is 5.32 Å². The van der Waals surface area contributed by atoms with Gasteiger partial charge in [-0.3, -0.25) is 9.59 Å². The Morgan fingerprint density at radius 1 is 1.00 bits per heavy atom. The van der Waals surface area contributed by atoms with E-state index in [0.29, 0.717) is 44.6 Å². The summed E-state index contributed by atoms with van der Waals surface area (Å²) >= 11 is 0. The number of carbonyl (C=O) groups excluding carboxylic acids is 2. The van der Waals surface area contributed by atoms with Crippen molar-refractivity contribution in [2.24, 2.45) is 0 Å². The van der Waals surface area contributed by atoms with E-state index in [4.69, 9.17) is 4.74 Å². The minimum Gasteiger partial charge on any atom is -0.379 e. The molecule has 39 heavy (non-hydrogen) atoms. The number of sulfonamides is 1. The lowest BCUT2D eigenvalue weighted by Gasteiger charge is -2.29. The van der Waals surface area contributed by atoms with Gasteiger partial charge in [-0.1, -0.05) is 24.3 Å². The summed E-state index contributed by atoms with van der Waals surface area (Å²) in [5, 5.41) is 2.87. The van der Waals surface area contributed by atoms with E-state index in [0.717, 1.165) is 18.4 Å². The van der Waals surface area contributed by atoms with E-state index in [9.17, 15) is 22.4 Å². The molecule has 2 aromatic carbocycles. The molecular weight excluding hydrogens is 521 g/mol. The third-order valence-electron chi connectivity index (χ3n) is 6.76. The number of nitrogens with one attached hydrogen (secondary N) is 1. The number of ether oxygens (including phenoxy) is 1. The van der Waals surface area contributed by atoms with Crippen LogP contribution in [0, 0.1) is 5.82 Å².